The van der Waals surface area contributed by atoms with Gasteiger partial charge in [0, 0.05) is 18.0 Å². The van der Waals surface area contributed by atoms with Crippen LogP contribution in [0.4, 0.5) is 0 Å². The topological polar surface area (TPSA) is 34.4 Å². The van der Waals surface area contributed by atoms with E-state index in [1.54, 1.807) is 36.7 Å². The van der Waals surface area contributed by atoms with Crippen LogP contribution in [0.5, 0.6) is 0 Å². The minimum atomic E-state index is -0.00388. The molecular formula is C12H15N2O+. The SMILES string of the molecule is C[NH+](C)/C=C/C=C/C(=O)c1ccncc1. The largest absolute Gasteiger partial charge is 0.314 e. The molecule has 0 aliphatic rings. The summed E-state index contributed by atoms with van der Waals surface area (Å²) in [5.41, 5.74) is 0.659. The Balaban J connectivity index is 2.57. The number of carbonyl (C=O) groups is 1. The van der Waals surface area contributed by atoms with E-state index in [9.17, 15) is 4.79 Å². The maximum absolute atomic E-state index is 11.5. The Morgan fingerprint density at radius 2 is 1.93 bits per heavy atom. The van der Waals surface area contributed by atoms with Gasteiger partial charge in [0.2, 0.25) is 0 Å². The zero-order chi connectivity index (χ0) is 11.1. The van der Waals surface area contributed by atoms with Gasteiger partial charge in [-0.1, -0.05) is 6.08 Å². The minimum Gasteiger partial charge on any atom is -0.314 e. The van der Waals surface area contributed by atoms with Crippen LogP contribution in [0.15, 0.2) is 49.0 Å². The van der Waals surface area contributed by atoms with Crippen LogP contribution in [-0.2, 0) is 0 Å². The standard InChI is InChI=1S/C12H14N2O/c1-14(2)10-4-3-5-12(15)11-6-8-13-9-7-11/h3-10H,1-2H3/p+1/b5-3+,10-4+. The number of hydrogen-bond acceptors (Lipinski definition) is 2. The Labute approximate surface area is 89.7 Å². The lowest BCUT2D eigenvalue weighted by atomic mass is 10.2. The van der Waals surface area contributed by atoms with Crippen molar-refractivity contribution in [3.8, 4) is 0 Å². The van der Waals surface area contributed by atoms with E-state index in [1.807, 2.05) is 26.4 Å². The summed E-state index contributed by atoms with van der Waals surface area (Å²) in [5, 5.41) is 0. The average molecular weight is 203 g/mol. The molecule has 1 heterocycles. The van der Waals surface area contributed by atoms with Gasteiger partial charge in [-0.3, -0.25) is 9.78 Å². The zero-order valence-electron chi connectivity index (χ0n) is 8.97. The van der Waals surface area contributed by atoms with Gasteiger partial charge in [0.05, 0.1) is 20.3 Å². The predicted octanol–water partition coefficient (Wildman–Crippen LogP) is 0.479. The molecule has 3 nitrogen and oxygen atoms in total. The number of pyridine rings is 1. The number of ketones is 1. The second-order valence-electron chi connectivity index (χ2n) is 3.40. The van der Waals surface area contributed by atoms with Gasteiger partial charge >= 0.3 is 0 Å². The molecule has 1 rings (SSSR count). The minimum absolute atomic E-state index is 0.00388. The lowest BCUT2D eigenvalue weighted by molar-refractivity contribution is -0.801. The first-order valence-electron chi connectivity index (χ1n) is 4.79. The third-order valence-electron chi connectivity index (χ3n) is 1.75. The van der Waals surface area contributed by atoms with Gasteiger partial charge in [-0.15, -0.1) is 0 Å². The number of allylic oxidation sites excluding steroid dienone is 3. The van der Waals surface area contributed by atoms with Crippen molar-refractivity contribution in [2.24, 2.45) is 0 Å². The molecule has 0 saturated heterocycles. The van der Waals surface area contributed by atoms with Crippen LogP contribution in [-0.4, -0.2) is 24.9 Å². The number of carbonyl (C=O) groups excluding carboxylic acids is 1. The monoisotopic (exact) mass is 203 g/mol. The Bertz CT molecular complexity index is 366. The van der Waals surface area contributed by atoms with Crippen molar-refractivity contribution in [3.05, 3.63) is 54.5 Å². The highest BCUT2D eigenvalue weighted by molar-refractivity contribution is 6.04. The summed E-state index contributed by atoms with van der Waals surface area (Å²) in [6.45, 7) is 0. The molecule has 1 aromatic rings. The van der Waals surface area contributed by atoms with Gasteiger partial charge in [0.25, 0.3) is 0 Å². The van der Waals surface area contributed by atoms with Crippen LogP contribution in [0, 0.1) is 0 Å². The average Bonchev–Trinajstić information content (AvgIpc) is 2.25. The van der Waals surface area contributed by atoms with E-state index in [0.717, 1.165) is 0 Å². The fourth-order valence-electron chi connectivity index (χ4n) is 1.00. The molecular weight excluding hydrogens is 188 g/mol. The summed E-state index contributed by atoms with van der Waals surface area (Å²) in [6, 6.07) is 3.40. The van der Waals surface area contributed by atoms with E-state index in [4.69, 9.17) is 0 Å². The Morgan fingerprint density at radius 3 is 2.53 bits per heavy atom. The second-order valence-corrected chi connectivity index (χ2v) is 3.40. The molecule has 1 N–H and O–H groups in total. The van der Waals surface area contributed by atoms with Gasteiger partial charge in [0.1, 0.15) is 0 Å². The highest BCUT2D eigenvalue weighted by atomic mass is 16.1. The summed E-state index contributed by atoms with van der Waals surface area (Å²) in [5.74, 6) is -0.00388. The van der Waals surface area contributed by atoms with Crippen molar-refractivity contribution in [1.82, 2.24) is 4.98 Å². The van der Waals surface area contributed by atoms with Crippen molar-refractivity contribution in [2.45, 2.75) is 0 Å². The van der Waals surface area contributed by atoms with E-state index < -0.39 is 0 Å². The van der Waals surface area contributed by atoms with Gasteiger partial charge in [-0.25, -0.2) is 0 Å². The number of nitrogens with zero attached hydrogens (tertiary/aromatic N) is 1. The van der Waals surface area contributed by atoms with Crippen LogP contribution >= 0.6 is 0 Å². The summed E-state index contributed by atoms with van der Waals surface area (Å²) in [6.07, 6.45) is 10.3. The van der Waals surface area contributed by atoms with Gasteiger partial charge in [-0.05, 0) is 24.3 Å². The molecule has 1 aromatic heterocycles. The molecule has 78 valence electrons. The van der Waals surface area contributed by atoms with Crippen molar-refractivity contribution >= 4 is 5.78 Å². The zero-order valence-corrected chi connectivity index (χ0v) is 8.97. The third kappa shape index (κ3) is 4.33. The quantitative estimate of drug-likeness (QED) is 0.439. The van der Waals surface area contributed by atoms with Crippen LogP contribution in [0.1, 0.15) is 10.4 Å². The Morgan fingerprint density at radius 1 is 1.27 bits per heavy atom. The number of aromatic nitrogens is 1. The van der Waals surface area contributed by atoms with Crippen LogP contribution in [0.25, 0.3) is 0 Å². The fourth-order valence-corrected chi connectivity index (χ4v) is 1.00. The predicted molar refractivity (Wildman–Crippen MR) is 59.7 cm³/mol. The molecule has 3 heteroatoms. The first-order chi connectivity index (χ1) is 7.20. The summed E-state index contributed by atoms with van der Waals surface area (Å²) >= 11 is 0. The highest BCUT2D eigenvalue weighted by Gasteiger charge is 1.98. The molecule has 15 heavy (non-hydrogen) atoms. The van der Waals surface area contributed by atoms with Gasteiger partial charge < -0.3 is 4.90 Å². The van der Waals surface area contributed by atoms with E-state index in [2.05, 4.69) is 4.98 Å². The van der Waals surface area contributed by atoms with Crippen LogP contribution in [0.2, 0.25) is 0 Å². The smallest absolute Gasteiger partial charge is 0.185 e. The number of hydrogen-bond donors (Lipinski definition) is 1. The molecule has 0 spiro atoms. The molecule has 0 radical (unpaired) electrons. The lowest BCUT2D eigenvalue weighted by Gasteiger charge is -1.94. The molecule has 0 saturated carbocycles. The van der Waals surface area contributed by atoms with E-state index in [1.165, 1.54) is 4.90 Å². The molecule has 0 atom stereocenters. The molecule has 0 aliphatic carbocycles. The Hall–Kier alpha value is -1.74. The summed E-state index contributed by atoms with van der Waals surface area (Å²) < 4.78 is 0. The molecule has 0 unspecified atom stereocenters. The third-order valence-corrected chi connectivity index (χ3v) is 1.75. The van der Waals surface area contributed by atoms with E-state index >= 15 is 0 Å². The fraction of sp³-hybridized carbons (Fsp3) is 0.167. The van der Waals surface area contributed by atoms with E-state index in [-0.39, 0.29) is 5.78 Å². The lowest BCUT2D eigenvalue weighted by Crippen LogP contribution is -3.00. The molecule has 0 aliphatic heterocycles. The van der Waals surface area contributed by atoms with Crippen LogP contribution in [0.3, 0.4) is 0 Å². The summed E-state index contributed by atoms with van der Waals surface area (Å²) in [7, 11) is 4.02. The van der Waals surface area contributed by atoms with Crippen LogP contribution < -0.4 is 4.90 Å². The molecule has 0 aromatic carbocycles. The second kappa shape index (κ2) is 5.88. The first kappa shape index (κ1) is 11.3. The van der Waals surface area contributed by atoms with Crippen molar-refractivity contribution < 1.29 is 9.69 Å². The first-order valence-corrected chi connectivity index (χ1v) is 4.79. The number of nitrogens with one attached hydrogen (secondary N) is 1. The normalized spacial score (nSPS) is 11.7. The maximum Gasteiger partial charge on any atom is 0.185 e. The maximum atomic E-state index is 11.5. The molecule has 0 fully saturated rings. The highest BCUT2D eigenvalue weighted by Crippen LogP contribution is 1.98. The number of quaternary nitrogens is 1. The summed E-state index contributed by atoms with van der Waals surface area (Å²) in [4.78, 5) is 16.6. The van der Waals surface area contributed by atoms with Crippen molar-refractivity contribution in [1.29, 1.82) is 0 Å². The number of rotatable bonds is 4. The molecule has 0 amide bonds. The van der Waals surface area contributed by atoms with Gasteiger partial charge in [-0.2, -0.15) is 0 Å². The Kier molecular flexibility index (Phi) is 4.44. The van der Waals surface area contributed by atoms with E-state index in [0.29, 0.717) is 5.56 Å². The van der Waals surface area contributed by atoms with Gasteiger partial charge in [0.15, 0.2) is 5.78 Å². The van der Waals surface area contributed by atoms with Crippen molar-refractivity contribution in [2.75, 3.05) is 14.1 Å². The molecule has 0 bridgehead atoms. The van der Waals surface area contributed by atoms with Crippen molar-refractivity contribution in [3.63, 3.8) is 0 Å².